The first-order valence-corrected chi connectivity index (χ1v) is 13.0. The lowest BCUT2D eigenvalue weighted by atomic mass is 10.2. The zero-order valence-electron chi connectivity index (χ0n) is 18.3. The number of piperazine rings is 1. The maximum atomic E-state index is 12.8. The van der Waals surface area contributed by atoms with Gasteiger partial charge < -0.3 is 5.32 Å². The molecule has 1 fully saturated rings. The molecule has 1 aliphatic heterocycles. The Morgan fingerprint density at radius 1 is 1.09 bits per heavy atom. The van der Waals surface area contributed by atoms with Crippen molar-refractivity contribution in [3.05, 3.63) is 51.8 Å². The number of benzene rings is 1. The summed E-state index contributed by atoms with van der Waals surface area (Å²) in [5, 5.41) is 8.89. The second-order valence-corrected chi connectivity index (χ2v) is 10.8. The number of carbonyl (C=O) groups excluding carboxylic acids is 1. The van der Waals surface area contributed by atoms with Crippen LogP contribution in [-0.2, 0) is 16.6 Å². The van der Waals surface area contributed by atoms with Crippen LogP contribution in [0.5, 0.6) is 0 Å². The maximum Gasteiger partial charge on any atom is 0.258 e. The molecule has 0 radical (unpaired) electrons. The highest BCUT2D eigenvalue weighted by molar-refractivity contribution is 7.88. The number of sulfonamides is 1. The van der Waals surface area contributed by atoms with E-state index in [0.717, 1.165) is 0 Å². The van der Waals surface area contributed by atoms with E-state index in [0.29, 0.717) is 71.7 Å². The van der Waals surface area contributed by atoms with Crippen molar-refractivity contribution < 1.29 is 13.2 Å². The molecule has 3 aromatic rings. The zero-order valence-corrected chi connectivity index (χ0v) is 20.6. The molecule has 0 spiro atoms. The van der Waals surface area contributed by atoms with Crippen LogP contribution in [0, 0.1) is 6.92 Å². The zero-order chi connectivity index (χ0) is 23.8. The summed E-state index contributed by atoms with van der Waals surface area (Å²) in [5.74, 6) is -0.368. The van der Waals surface area contributed by atoms with Gasteiger partial charge in [0.15, 0.2) is 5.65 Å². The molecule has 176 valence electrons. The number of rotatable bonds is 6. The molecule has 9 nitrogen and oxygen atoms in total. The molecule has 1 N–H and O–H groups in total. The molecule has 1 aliphatic rings. The summed E-state index contributed by atoms with van der Waals surface area (Å²) in [5.41, 5.74) is 2.16. The van der Waals surface area contributed by atoms with Crippen molar-refractivity contribution in [2.75, 3.05) is 44.3 Å². The minimum absolute atomic E-state index is 0.263. The molecular weight excluding hydrogens is 487 g/mol. The Kier molecular flexibility index (Phi) is 6.92. The molecule has 2 aromatic heterocycles. The number of nitrogens with zero attached hydrogens (tertiary/aromatic N) is 5. The summed E-state index contributed by atoms with van der Waals surface area (Å²) in [6, 6.07) is 6.79. The SMILES string of the molecule is Cc1nn(CCN2CCN(S(C)(=O)=O)CC2)c2ncc(C(=O)Nc3ccc(Cl)cc3)c(Cl)c12. The van der Waals surface area contributed by atoms with Crippen LogP contribution in [0.2, 0.25) is 10.0 Å². The normalized spacial score (nSPS) is 15.8. The van der Waals surface area contributed by atoms with E-state index in [1.54, 1.807) is 28.9 Å². The Morgan fingerprint density at radius 2 is 1.76 bits per heavy atom. The van der Waals surface area contributed by atoms with E-state index >= 15 is 0 Å². The lowest BCUT2D eigenvalue weighted by Crippen LogP contribution is -2.48. The van der Waals surface area contributed by atoms with E-state index in [4.69, 9.17) is 23.2 Å². The summed E-state index contributed by atoms with van der Waals surface area (Å²) in [6.45, 7) is 5.39. The Hall–Kier alpha value is -2.24. The maximum absolute atomic E-state index is 12.8. The number of hydrogen-bond donors (Lipinski definition) is 1. The highest BCUT2D eigenvalue weighted by atomic mass is 35.5. The van der Waals surface area contributed by atoms with Crippen molar-refractivity contribution in [3.63, 3.8) is 0 Å². The van der Waals surface area contributed by atoms with E-state index < -0.39 is 10.0 Å². The Labute approximate surface area is 202 Å². The molecule has 0 atom stereocenters. The van der Waals surface area contributed by atoms with Crippen LogP contribution in [0.25, 0.3) is 11.0 Å². The molecule has 3 heterocycles. The quantitative estimate of drug-likeness (QED) is 0.547. The van der Waals surface area contributed by atoms with Crippen LogP contribution in [0.1, 0.15) is 16.1 Å². The number of halogens is 2. The smallest absolute Gasteiger partial charge is 0.258 e. The van der Waals surface area contributed by atoms with Crippen molar-refractivity contribution in [2.24, 2.45) is 0 Å². The third kappa shape index (κ3) is 5.30. The van der Waals surface area contributed by atoms with Gasteiger partial charge in [-0.05, 0) is 31.2 Å². The second-order valence-electron chi connectivity index (χ2n) is 7.96. The van der Waals surface area contributed by atoms with E-state index in [1.165, 1.54) is 16.8 Å². The number of carbonyl (C=O) groups is 1. The first-order chi connectivity index (χ1) is 15.6. The second kappa shape index (κ2) is 9.55. The van der Waals surface area contributed by atoms with Crippen molar-refractivity contribution in [1.82, 2.24) is 24.0 Å². The van der Waals surface area contributed by atoms with Crippen molar-refractivity contribution in [3.8, 4) is 0 Å². The first kappa shape index (κ1) is 23.9. The molecule has 33 heavy (non-hydrogen) atoms. The van der Waals surface area contributed by atoms with E-state index in [9.17, 15) is 13.2 Å². The van der Waals surface area contributed by atoms with E-state index in [-0.39, 0.29) is 11.5 Å². The predicted octanol–water partition coefficient (Wildman–Crippen LogP) is 2.88. The van der Waals surface area contributed by atoms with Gasteiger partial charge in [0.05, 0.1) is 34.5 Å². The average Bonchev–Trinajstić information content (AvgIpc) is 3.10. The topological polar surface area (TPSA) is 100 Å². The lowest BCUT2D eigenvalue weighted by molar-refractivity contribution is 0.102. The standard InChI is InChI=1S/C21H24Cl2N6O3S/c1-14-18-19(23)17(21(30)25-16-5-3-15(22)4-6-16)13-24-20(18)29(26-14)12-9-27-7-10-28(11-8-27)33(2,31)32/h3-6,13H,7-12H2,1-2H3,(H,25,30). The Balaban J connectivity index is 1.47. The summed E-state index contributed by atoms with van der Waals surface area (Å²) in [6.07, 6.45) is 2.69. The van der Waals surface area contributed by atoms with Crippen LogP contribution in [0.3, 0.4) is 0 Å². The van der Waals surface area contributed by atoms with Gasteiger partial charge in [0, 0.05) is 49.6 Å². The van der Waals surface area contributed by atoms with Gasteiger partial charge in [0.2, 0.25) is 10.0 Å². The van der Waals surface area contributed by atoms with Gasteiger partial charge in [-0.2, -0.15) is 9.40 Å². The van der Waals surface area contributed by atoms with Crippen molar-refractivity contribution in [2.45, 2.75) is 13.5 Å². The molecule has 12 heteroatoms. The molecule has 0 bridgehead atoms. The van der Waals surface area contributed by atoms with Crippen LogP contribution < -0.4 is 5.32 Å². The minimum Gasteiger partial charge on any atom is -0.322 e. The average molecular weight is 511 g/mol. The summed E-state index contributed by atoms with van der Waals surface area (Å²) in [7, 11) is -3.15. The molecule has 0 saturated carbocycles. The van der Waals surface area contributed by atoms with E-state index in [1.807, 2.05) is 6.92 Å². The van der Waals surface area contributed by atoms with Gasteiger partial charge in [-0.3, -0.25) is 9.69 Å². The van der Waals surface area contributed by atoms with Crippen molar-refractivity contribution in [1.29, 1.82) is 0 Å². The molecule has 1 amide bonds. The number of aryl methyl sites for hydroxylation is 1. The van der Waals surface area contributed by atoms with Gasteiger partial charge in [0.1, 0.15) is 0 Å². The number of amides is 1. The van der Waals surface area contributed by atoms with Gasteiger partial charge in [-0.15, -0.1) is 0 Å². The van der Waals surface area contributed by atoms with Gasteiger partial charge >= 0.3 is 0 Å². The fourth-order valence-electron chi connectivity index (χ4n) is 3.84. The van der Waals surface area contributed by atoms with Crippen LogP contribution in [0.4, 0.5) is 5.69 Å². The Bertz CT molecular complexity index is 1290. The van der Waals surface area contributed by atoms with Crippen LogP contribution in [-0.4, -0.2) is 77.3 Å². The number of nitrogens with one attached hydrogen (secondary N) is 1. The third-order valence-electron chi connectivity index (χ3n) is 5.65. The number of aromatic nitrogens is 3. The number of pyridine rings is 1. The minimum atomic E-state index is -3.15. The van der Waals surface area contributed by atoms with Gasteiger partial charge in [-0.25, -0.2) is 18.1 Å². The first-order valence-electron chi connectivity index (χ1n) is 10.4. The largest absolute Gasteiger partial charge is 0.322 e. The lowest BCUT2D eigenvalue weighted by Gasteiger charge is -2.33. The monoisotopic (exact) mass is 510 g/mol. The summed E-state index contributed by atoms with van der Waals surface area (Å²) < 4.78 is 26.6. The number of anilines is 1. The fourth-order valence-corrected chi connectivity index (χ4v) is 5.15. The van der Waals surface area contributed by atoms with E-state index in [2.05, 4.69) is 20.3 Å². The molecule has 1 saturated heterocycles. The number of hydrogen-bond acceptors (Lipinski definition) is 6. The van der Waals surface area contributed by atoms with Crippen LogP contribution in [0.15, 0.2) is 30.5 Å². The van der Waals surface area contributed by atoms with Gasteiger partial charge in [-0.1, -0.05) is 23.2 Å². The highest BCUT2D eigenvalue weighted by Gasteiger charge is 2.24. The van der Waals surface area contributed by atoms with Crippen LogP contribution >= 0.6 is 23.2 Å². The predicted molar refractivity (Wildman–Crippen MR) is 130 cm³/mol. The summed E-state index contributed by atoms with van der Waals surface area (Å²) in [4.78, 5) is 19.4. The Morgan fingerprint density at radius 3 is 2.39 bits per heavy atom. The molecule has 4 rings (SSSR count). The molecule has 0 aliphatic carbocycles. The molecular formula is C21H24Cl2N6O3S. The third-order valence-corrected chi connectivity index (χ3v) is 7.60. The molecule has 1 aromatic carbocycles. The van der Waals surface area contributed by atoms with Crippen molar-refractivity contribution >= 4 is 55.9 Å². The summed E-state index contributed by atoms with van der Waals surface area (Å²) >= 11 is 12.5. The molecule has 0 unspecified atom stereocenters. The highest BCUT2D eigenvalue weighted by Crippen LogP contribution is 2.29. The van der Waals surface area contributed by atoms with Gasteiger partial charge in [0.25, 0.3) is 5.91 Å². The fraction of sp³-hybridized carbons (Fsp3) is 0.381. The number of fused-ring (bicyclic) bond motifs is 1.